The zero-order valence-electron chi connectivity index (χ0n) is 19.4. The maximum absolute atomic E-state index is 12.9. The number of nitrogens with zero attached hydrogens (tertiary/aromatic N) is 1. The fourth-order valence-electron chi connectivity index (χ4n) is 3.64. The highest BCUT2D eigenvalue weighted by Crippen LogP contribution is 2.21. The number of amides is 3. The fraction of sp³-hybridized carbons (Fsp3) is 0.360. The van der Waals surface area contributed by atoms with Gasteiger partial charge in [-0.2, -0.15) is 0 Å². The molecule has 2 aromatic rings. The van der Waals surface area contributed by atoms with Gasteiger partial charge in [-0.25, -0.2) is 9.59 Å². The van der Waals surface area contributed by atoms with Crippen molar-refractivity contribution >= 4 is 23.9 Å². The molecule has 0 spiro atoms. The molecule has 1 aliphatic rings. The molecular formula is C25H29N3O7. The zero-order chi connectivity index (χ0) is 25.2. The first kappa shape index (κ1) is 25.7. The van der Waals surface area contributed by atoms with Crippen LogP contribution >= 0.6 is 0 Å². The maximum atomic E-state index is 12.9. The molecule has 3 amide bonds. The van der Waals surface area contributed by atoms with Crippen LogP contribution in [0.5, 0.6) is 0 Å². The normalized spacial score (nSPS) is 17.8. The van der Waals surface area contributed by atoms with Crippen molar-refractivity contribution in [3.05, 3.63) is 71.8 Å². The third-order valence-corrected chi connectivity index (χ3v) is 5.41. The molecule has 0 unspecified atom stereocenters. The smallest absolute Gasteiger partial charge is 0.407 e. The number of carbonyl (C=O) groups excluding carboxylic acids is 4. The number of alkyl carbamates (subject to hydrolysis) is 1. The monoisotopic (exact) mass is 483 g/mol. The number of carbonyl (C=O) groups is 4. The van der Waals surface area contributed by atoms with Gasteiger partial charge in [0.05, 0.1) is 6.10 Å². The van der Waals surface area contributed by atoms with Gasteiger partial charge in [-0.15, -0.1) is 0 Å². The van der Waals surface area contributed by atoms with Gasteiger partial charge in [-0.05, 0) is 18.1 Å². The lowest BCUT2D eigenvalue weighted by molar-refractivity contribution is -0.155. The van der Waals surface area contributed by atoms with E-state index in [0.717, 1.165) is 11.1 Å². The molecule has 1 fully saturated rings. The van der Waals surface area contributed by atoms with Crippen molar-refractivity contribution in [2.45, 2.75) is 44.7 Å². The van der Waals surface area contributed by atoms with E-state index in [4.69, 9.17) is 9.47 Å². The summed E-state index contributed by atoms with van der Waals surface area (Å²) in [7, 11) is 0. The number of hydrogen-bond acceptors (Lipinski definition) is 7. The van der Waals surface area contributed by atoms with Crippen LogP contribution in [0.3, 0.4) is 0 Å². The Bertz CT molecular complexity index is 1020. The molecule has 0 radical (unpaired) electrons. The van der Waals surface area contributed by atoms with Gasteiger partial charge in [-0.3, -0.25) is 9.59 Å². The molecule has 3 N–H and O–H groups in total. The van der Waals surface area contributed by atoms with E-state index >= 15 is 0 Å². The summed E-state index contributed by atoms with van der Waals surface area (Å²) >= 11 is 0. The van der Waals surface area contributed by atoms with Crippen LogP contribution in [0.1, 0.15) is 24.5 Å². The van der Waals surface area contributed by atoms with Crippen molar-refractivity contribution in [2.24, 2.45) is 0 Å². The number of aliphatic hydroxyl groups is 1. The summed E-state index contributed by atoms with van der Waals surface area (Å²) in [5.41, 5.74) is 1.60. The summed E-state index contributed by atoms with van der Waals surface area (Å²) < 4.78 is 10.4. The van der Waals surface area contributed by atoms with Crippen LogP contribution in [0.15, 0.2) is 60.7 Å². The molecule has 186 valence electrons. The molecule has 0 saturated carbocycles. The lowest BCUT2D eigenvalue weighted by atomic mass is 10.2. The predicted octanol–water partition coefficient (Wildman–Crippen LogP) is 1.12. The first-order valence-corrected chi connectivity index (χ1v) is 11.3. The van der Waals surface area contributed by atoms with Crippen LogP contribution in [-0.4, -0.2) is 65.2 Å². The van der Waals surface area contributed by atoms with E-state index in [1.165, 1.54) is 11.8 Å². The van der Waals surface area contributed by atoms with Gasteiger partial charge >= 0.3 is 12.1 Å². The summed E-state index contributed by atoms with van der Waals surface area (Å²) in [4.78, 5) is 50.7. The Morgan fingerprint density at radius 2 is 1.54 bits per heavy atom. The third kappa shape index (κ3) is 7.82. The SMILES string of the molecule is C[C@H](NC(=O)CNC(=O)OCc1ccccc1)C(=O)N1C[C@@H](O)C[C@H]1C(=O)OCc1ccccc1. The number of hydrogen-bond donors (Lipinski definition) is 3. The lowest BCUT2D eigenvalue weighted by Gasteiger charge is -2.26. The van der Waals surface area contributed by atoms with Crippen LogP contribution in [0.2, 0.25) is 0 Å². The summed E-state index contributed by atoms with van der Waals surface area (Å²) in [5, 5.41) is 14.8. The molecule has 0 aliphatic carbocycles. The number of aliphatic hydroxyl groups excluding tert-OH is 1. The number of ether oxygens (including phenoxy) is 2. The molecule has 35 heavy (non-hydrogen) atoms. The Hall–Kier alpha value is -3.92. The van der Waals surface area contributed by atoms with Crippen molar-refractivity contribution in [3.63, 3.8) is 0 Å². The van der Waals surface area contributed by atoms with Gasteiger partial charge in [0.2, 0.25) is 11.8 Å². The second-order valence-electron chi connectivity index (χ2n) is 8.19. The topological polar surface area (TPSA) is 134 Å². The average Bonchev–Trinajstić information content (AvgIpc) is 3.27. The highest BCUT2D eigenvalue weighted by atomic mass is 16.5. The Morgan fingerprint density at radius 1 is 0.971 bits per heavy atom. The fourth-order valence-corrected chi connectivity index (χ4v) is 3.64. The van der Waals surface area contributed by atoms with Gasteiger partial charge in [0, 0.05) is 13.0 Å². The summed E-state index contributed by atoms with van der Waals surface area (Å²) in [6, 6.07) is 16.2. The van der Waals surface area contributed by atoms with Crippen molar-refractivity contribution in [1.82, 2.24) is 15.5 Å². The molecule has 1 heterocycles. The Labute approximate surface area is 203 Å². The first-order chi connectivity index (χ1) is 16.8. The summed E-state index contributed by atoms with van der Waals surface area (Å²) in [6.07, 6.45) is -1.60. The number of β-amino-alcohol motifs (C(OH)–C–C–N with tert-alkyl or cyclic N) is 1. The van der Waals surface area contributed by atoms with Gasteiger partial charge in [0.15, 0.2) is 0 Å². The maximum Gasteiger partial charge on any atom is 0.407 e. The Kier molecular flexibility index (Phi) is 9.19. The van der Waals surface area contributed by atoms with E-state index in [0.29, 0.717) is 0 Å². The van der Waals surface area contributed by atoms with Gasteiger partial charge in [-0.1, -0.05) is 60.7 Å². The van der Waals surface area contributed by atoms with E-state index in [9.17, 15) is 24.3 Å². The molecule has 1 saturated heterocycles. The van der Waals surface area contributed by atoms with Crippen LogP contribution in [0.25, 0.3) is 0 Å². The number of rotatable bonds is 9. The van der Waals surface area contributed by atoms with Crippen molar-refractivity contribution in [3.8, 4) is 0 Å². The molecule has 0 aromatic heterocycles. The first-order valence-electron chi connectivity index (χ1n) is 11.3. The van der Waals surface area contributed by atoms with E-state index < -0.39 is 48.6 Å². The Morgan fingerprint density at radius 3 is 2.14 bits per heavy atom. The predicted molar refractivity (Wildman–Crippen MR) is 125 cm³/mol. The number of likely N-dealkylation sites (tertiary alicyclic amines) is 1. The third-order valence-electron chi connectivity index (χ3n) is 5.41. The summed E-state index contributed by atoms with van der Waals surface area (Å²) in [6.45, 7) is 1.13. The molecule has 3 atom stereocenters. The quantitative estimate of drug-likeness (QED) is 0.455. The standard InChI is InChI=1S/C25H29N3O7/c1-17(27-22(30)13-26-25(33)35-16-19-10-6-3-7-11-19)23(31)28-14-20(29)12-21(28)24(32)34-15-18-8-4-2-5-9-18/h2-11,17,20-21,29H,12-16H2,1H3,(H,26,33)(H,27,30)/t17-,20-,21-/m0/s1. The minimum Gasteiger partial charge on any atom is -0.459 e. The number of benzene rings is 2. The Balaban J connectivity index is 1.44. The molecule has 10 heteroatoms. The van der Waals surface area contributed by atoms with Gasteiger partial charge in [0.25, 0.3) is 0 Å². The van der Waals surface area contributed by atoms with E-state index in [1.54, 1.807) is 12.1 Å². The number of nitrogens with one attached hydrogen (secondary N) is 2. The molecular weight excluding hydrogens is 454 g/mol. The van der Waals surface area contributed by atoms with Gasteiger partial charge < -0.3 is 30.1 Å². The highest BCUT2D eigenvalue weighted by molar-refractivity contribution is 5.92. The minimum atomic E-state index is -0.987. The zero-order valence-corrected chi connectivity index (χ0v) is 19.4. The lowest BCUT2D eigenvalue weighted by Crippen LogP contribution is -2.52. The summed E-state index contributed by atoms with van der Waals surface area (Å²) in [5.74, 6) is -1.77. The van der Waals surface area contributed by atoms with Crippen LogP contribution in [0, 0.1) is 0 Å². The molecule has 2 aromatic carbocycles. The second kappa shape index (κ2) is 12.5. The molecule has 0 bridgehead atoms. The van der Waals surface area contributed by atoms with Crippen LogP contribution in [-0.2, 0) is 37.1 Å². The van der Waals surface area contributed by atoms with Crippen LogP contribution in [0.4, 0.5) is 4.79 Å². The van der Waals surface area contributed by atoms with E-state index in [1.807, 2.05) is 48.5 Å². The van der Waals surface area contributed by atoms with Gasteiger partial charge in [0.1, 0.15) is 31.8 Å². The molecule has 3 rings (SSSR count). The van der Waals surface area contributed by atoms with Crippen molar-refractivity contribution < 1.29 is 33.8 Å². The minimum absolute atomic E-state index is 0.0474. The largest absolute Gasteiger partial charge is 0.459 e. The molecule has 10 nitrogen and oxygen atoms in total. The van der Waals surface area contributed by atoms with Crippen LogP contribution < -0.4 is 10.6 Å². The van der Waals surface area contributed by atoms with E-state index in [-0.39, 0.29) is 26.2 Å². The van der Waals surface area contributed by atoms with Crippen molar-refractivity contribution in [2.75, 3.05) is 13.1 Å². The van der Waals surface area contributed by atoms with E-state index in [2.05, 4.69) is 10.6 Å². The molecule has 1 aliphatic heterocycles. The van der Waals surface area contributed by atoms with Crippen molar-refractivity contribution in [1.29, 1.82) is 0 Å². The number of esters is 1. The average molecular weight is 484 g/mol. The second-order valence-corrected chi connectivity index (χ2v) is 8.19. The highest BCUT2D eigenvalue weighted by Gasteiger charge is 2.41.